The molecule has 0 bridgehead atoms. The fourth-order valence-electron chi connectivity index (χ4n) is 1.13. The molecule has 88 valence electrons. The highest BCUT2D eigenvalue weighted by Gasteiger charge is 2.06. The van der Waals surface area contributed by atoms with Gasteiger partial charge >= 0.3 is 0 Å². The number of benzene rings is 1. The van der Waals surface area contributed by atoms with E-state index in [-0.39, 0.29) is 0 Å². The highest BCUT2D eigenvalue weighted by molar-refractivity contribution is 9.10. The van der Waals surface area contributed by atoms with Gasteiger partial charge in [0.1, 0.15) is 12.4 Å². The van der Waals surface area contributed by atoms with Gasteiger partial charge in [-0.2, -0.15) is 0 Å². The van der Waals surface area contributed by atoms with Gasteiger partial charge in [0.05, 0.1) is 12.5 Å². The molecule has 0 atom stereocenters. The van der Waals surface area contributed by atoms with Gasteiger partial charge in [-0.25, -0.2) is 0 Å². The van der Waals surface area contributed by atoms with Crippen LogP contribution < -0.4 is 4.74 Å². The first-order chi connectivity index (χ1) is 7.38. The van der Waals surface area contributed by atoms with Gasteiger partial charge in [0.2, 0.25) is 0 Å². The van der Waals surface area contributed by atoms with Crippen LogP contribution in [0, 0.1) is 0 Å². The molecule has 0 N–H and O–H groups in total. The van der Waals surface area contributed by atoms with Crippen LogP contribution in [0.15, 0.2) is 34.4 Å². The molecule has 16 heavy (non-hydrogen) atoms. The van der Waals surface area contributed by atoms with Crippen molar-refractivity contribution in [1.29, 1.82) is 0 Å². The van der Waals surface area contributed by atoms with Crippen LogP contribution in [-0.2, 0) is 0 Å². The van der Waals surface area contributed by atoms with Gasteiger partial charge in [-0.3, -0.25) is 0 Å². The Kier molecular flexibility index (Phi) is 5.09. The van der Waals surface area contributed by atoms with Crippen molar-refractivity contribution in [2.45, 2.75) is 19.6 Å². The summed E-state index contributed by atoms with van der Waals surface area (Å²) in [5.41, 5.74) is 2.27. The SMILES string of the molecule is C[Si](C)(C)/C=C/COc1ccc(Cl)cc1Br. The number of halogens is 2. The fourth-order valence-corrected chi connectivity index (χ4v) is 2.73. The number of rotatable bonds is 4. The van der Waals surface area contributed by atoms with Gasteiger partial charge in [0.15, 0.2) is 0 Å². The van der Waals surface area contributed by atoms with Crippen LogP contribution >= 0.6 is 27.5 Å². The van der Waals surface area contributed by atoms with E-state index in [0.717, 1.165) is 10.2 Å². The molecule has 0 unspecified atom stereocenters. The molecule has 0 aliphatic rings. The quantitative estimate of drug-likeness (QED) is 0.716. The summed E-state index contributed by atoms with van der Waals surface area (Å²) >= 11 is 9.26. The molecule has 0 radical (unpaired) electrons. The van der Waals surface area contributed by atoms with Crippen LogP contribution in [-0.4, -0.2) is 14.7 Å². The molecule has 0 aromatic heterocycles. The Morgan fingerprint density at radius 2 is 2.06 bits per heavy atom. The van der Waals surface area contributed by atoms with E-state index in [1.165, 1.54) is 0 Å². The van der Waals surface area contributed by atoms with E-state index in [0.29, 0.717) is 11.6 Å². The van der Waals surface area contributed by atoms with Gasteiger partial charge in [-0.1, -0.05) is 43.0 Å². The lowest BCUT2D eigenvalue weighted by Crippen LogP contribution is -2.15. The van der Waals surface area contributed by atoms with Crippen molar-refractivity contribution in [3.63, 3.8) is 0 Å². The Morgan fingerprint density at radius 3 is 2.62 bits per heavy atom. The number of hydrogen-bond donors (Lipinski definition) is 0. The summed E-state index contributed by atoms with van der Waals surface area (Å²) < 4.78 is 6.51. The largest absolute Gasteiger partial charge is 0.488 e. The Morgan fingerprint density at radius 1 is 1.38 bits per heavy atom. The summed E-state index contributed by atoms with van der Waals surface area (Å²) in [6.45, 7) is 7.48. The van der Waals surface area contributed by atoms with Crippen molar-refractivity contribution in [3.8, 4) is 5.75 Å². The Hall–Kier alpha value is -0.253. The average Bonchev–Trinajstić information content (AvgIpc) is 2.13. The zero-order valence-electron chi connectivity index (χ0n) is 9.76. The average molecular weight is 320 g/mol. The summed E-state index contributed by atoms with van der Waals surface area (Å²) in [7, 11) is -1.11. The lowest BCUT2D eigenvalue weighted by Gasteiger charge is -2.09. The van der Waals surface area contributed by atoms with Crippen molar-refractivity contribution < 1.29 is 4.74 Å². The summed E-state index contributed by atoms with van der Waals surface area (Å²) in [6, 6.07) is 5.53. The molecule has 0 fully saturated rings. The minimum absolute atomic E-state index is 0.602. The van der Waals surface area contributed by atoms with E-state index in [4.69, 9.17) is 16.3 Å². The van der Waals surface area contributed by atoms with Crippen LogP contribution in [0.25, 0.3) is 0 Å². The maximum absolute atomic E-state index is 5.84. The van der Waals surface area contributed by atoms with Crippen molar-refractivity contribution in [2.24, 2.45) is 0 Å². The first kappa shape index (κ1) is 13.8. The Balaban J connectivity index is 2.53. The van der Waals surface area contributed by atoms with E-state index < -0.39 is 8.07 Å². The molecule has 0 aliphatic carbocycles. The number of ether oxygens (including phenoxy) is 1. The Bertz CT molecular complexity index is 385. The van der Waals surface area contributed by atoms with E-state index >= 15 is 0 Å². The molecule has 1 aromatic carbocycles. The predicted molar refractivity (Wildman–Crippen MR) is 77.1 cm³/mol. The lowest BCUT2D eigenvalue weighted by atomic mass is 10.3. The minimum atomic E-state index is -1.11. The van der Waals surface area contributed by atoms with E-state index in [1.807, 2.05) is 18.2 Å². The lowest BCUT2D eigenvalue weighted by molar-refractivity contribution is 0.360. The van der Waals surface area contributed by atoms with Crippen LogP contribution in [0.4, 0.5) is 0 Å². The molecule has 0 saturated heterocycles. The summed E-state index contributed by atoms with van der Waals surface area (Å²) in [5.74, 6) is 0.824. The van der Waals surface area contributed by atoms with Gasteiger partial charge < -0.3 is 4.74 Å². The van der Waals surface area contributed by atoms with Crippen molar-refractivity contribution in [3.05, 3.63) is 39.5 Å². The molecule has 4 heteroatoms. The maximum Gasteiger partial charge on any atom is 0.134 e. The predicted octanol–water partition coefficient (Wildman–Crippen LogP) is 4.91. The molecule has 0 saturated carbocycles. The van der Waals surface area contributed by atoms with Crippen LogP contribution in [0.2, 0.25) is 24.7 Å². The summed E-state index contributed by atoms with van der Waals surface area (Å²) in [4.78, 5) is 0. The molecular formula is C12H16BrClOSi. The van der Waals surface area contributed by atoms with Gasteiger partial charge in [-0.05, 0) is 34.1 Å². The second kappa shape index (κ2) is 5.89. The third-order valence-electron chi connectivity index (χ3n) is 1.85. The Labute approximate surface area is 112 Å². The van der Waals surface area contributed by atoms with Gasteiger partial charge in [0, 0.05) is 5.02 Å². The second-order valence-corrected chi connectivity index (χ2v) is 11.0. The van der Waals surface area contributed by atoms with Gasteiger partial charge in [-0.15, -0.1) is 0 Å². The molecule has 0 amide bonds. The standard InChI is InChI=1S/C12H16BrClOSi/c1-16(2,3)8-4-7-15-12-6-5-10(14)9-11(12)13/h4-6,8-9H,7H2,1-3H3/b8-4+. The van der Waals surface area contributed by atoms with Crippen molar-refractivity contribution >= 4 is 35.6 Å². The van der Waals surface area contributed by atoms with E-state index in [9.17, 15) is 0 Å². The van der Waals surface area contributed by atoms with E-state index in [2.05, 4.69) is 47.3 Å². The van der Waals surface area contributed by atoms with Crippen LogP contribution in [0.5, 0.6) is 5.75 Å². The van der Waals surface area contributed by atoms with Crippen molar-refractivity contribution in [1.82, 2.24) is 0 Å². The highest BCUT2D eigenvalue weighted by atomic mass is 79.9. The normalized spacial score (nSPS) is 12.1. The molecule has 1 rings (SSSR count). The zero-order valence-corrected chi connectivity index (χ0v) is 13.1. The molecular weight excluding hydrogens is 304 g/mol. The second-order valence-electron chi connectivity index (χ2n) is 4.65. The molecule has 0 heterocycles. The first-order valence-electron chi connectivity index (χ1n) is 5.14. The molecule has 0 spiro atoms. The highest BCUT2D eigenvalue weighted by Crippen LogP contribution is 2.27. The minimum Gasteiger partial charge on any atom is -0.488 e. The van der Waals surface area contributed by atoms with Crippen molar-refractivity contribution in [2.75, 3.05) is 6.61 Å². The van der Waals surface area contributed by atoms with Crippen LogP contribution in [0.3, 0.4) is 0 Å². The third-order valence-corrected chi connectivity index (χ3v) is 3.94. The number of hydrogen-bond acceptors (Lipinski definition) is 1. The maximum atomic E-state index is 5.84. The molecule has 1 aromatic rings. The zero-order chi connectivity index (χ0) is 12.2. The topological polar surface area (TPSA) is 9.23 Å². The van der Waals surface area contributed by atoms with Gasteiger partial charge in [0.25, 0.3) is 0 Å². The van der Waals surface area contributed by atoms with E-state index in [1.54, 1.807) is 0 Å². The summed E-state index contributed by atoms with van der Waals surface area (Å²) in [6.07, 6.45) is 2.09. The fraction of sp³-hybridized carbons (Fsp3) is 0.333. The molecule has 1 nitrogen and oxygen atoms in total. The molecule has 0 aliphatic heterocycles. The monoisotopic (exact) mass is 318 g/mol. The van der Waals surface area contributed by atoms with Crippen LogP contribution in [0.1, 0.15) is 0 Å². The smallest absolute Gasteiger partial charge is 0.134 e. The third kappa shape index (κ3) is 5.19. The first-order valence-corrected chi connectivity index (χ1v) is 9.89. The summed E-state index contributed by atoms with van der Waals surface area (Å²) in [5, 5.41) is 0.705.